The van der Waals surface area contributed by atoms with Crippen molar-refractivity contribution in [2.45, 2.75) is 44.6 Å². The summed E-state index contributed by atoms with van der Waals surface area (Å²) in [4.78, 5) is 5.31. The lowest BCUT2D eigenvalue weighted by Crippen LogP contribution is -2.04. The first kappa shape index (κ1) is 16.3. The lowest BCUT2D eigenvalue weighted by atomic mass is 9.84. The van der Waals surface area contributed by atoms with Crippen LogP contribution in [-0.4, -0.2) is 6.21 Å². The van der Waals surface area contributed by atoms with Gasteiger partial charge in [-0.05, 0) is 36.5 Å². The highest BCUT2D eigenvalue weighted by atomic mass is 16.6. The minimum Gasteiger partial charge on any atom is -0.390 e. The van der Waals surface area contributed by atoms with Crippen LogP contribution >= 0.6 is 0 Å². The highest BCUT2D eigenvalue weighted by molar-refractivity contribution is 5.79. The van der Waals surface area contributed by atoms with Crippen LogP contribution in [0.1, 0.15) is 60.3 Å². The zero-order chi connectivity index (χ0) is 16.6. The van der Waals surface area contributed by atoms with Gasteiger partial charge in [0.15, 0.2) is 0 Å². The monoisotopic (exact) mass is 317 g/mol. The maximum atomic E-state index is 9.06. The van der Waals surface area contributed by atoms with Crippen molar-refractivity contribution in [1.29, 1.82) is 5.26 Å². The number of hydrogen-bond donors (Lipinski definition) is 0. The molecular formula is C21H21N2O. The van der Waals surface area contributed by atoms with Gasteiger partial charge in [0.05, 0.1) is 11.6 Å². The number of benzene rings is 2. The Morgan fingerprint density at radius 1 is 1.04 bits per heavy atom. The summed E-state index contributed by atoms with van der Waals surface area (Å²) in [7, 11) is 0. The summed E-state index contributed by atoms with van der Waals surface area (Å²) in [5, 5.41) is 13.0. The largest absolute Gasteiger partial charge is 0.390 e. The average molecular weight is 317 g/mol. The van der Waals surface area contributed by atoms with Crippen molar-refractivity contribution in [3.8, 4) is 6.07 Å². The molecule has 2 aromatic rings. The third kappa shape index (κ3) is 4.23. The van der Waals surface area contributed by atoms with Crippen molar-refractivity contribution < 1.29 is 4.84 Å². The summed E-state index contributed by atoms with van der Waals surface area (Å²) in [6.45, 7) is 0.277. The summed E-state index contributed by atoms with van der Waals surface area (Å²) in [6, 6.07) is 17.9. The lowest BCUT2D eigenvalue weighted by Gasteiger charge is -2.22. The molecule has 1 aliphatic rings. The molecule has 1 saturated carbocycles. The molecule has 0 heterocycles. The Bertz CT molecular complexity index is 739. The Labute approximate surface area is 143 Å². The van der Waals surface area contributed by atoms with Crippen LogP contribution in [0.15, 0.2) is 53.7 Å². The fourth-order valence-corrected chi connectivity index (χ4v) is 3.24. The first-order valence-electron chi connectivity index (χ1n) is 8.53. The fraction of sp³-hybridized carbons (Fsp3) is 0.333. The molecule has 0 amide bonds. The average Bonchev–Trinajstić information content (AvgIpc) is 2.66. The standard InChI is InChI=1S/C21H21N2O/c22-14-20-10-4-5-11-21(20)16-24-23-15-17-7-6-12-19(13-17)18-8-2-1-3-9-18/h4-7,10-13,18H,1-3,8-9,16H2. The number of nitrogens with zero attached hydrogens (tertiary/aromatic N) is 2. The number of rotatable bonds is 5. The van der Waals surface area contributed by atoms with Crippen LogP contribution in [0.25, 0.3) is 0 Å². The van der Waals surface area contributed by atoms with Gasteiger partial charge in [-0.25, -0.2) is 0 Å². The quantitative estimate of drug-likeness (QED) is 0.573. The molecule has 121 valence electrons. The third-order valence-corrected chi connectivity index (χ3v) is 4.56. The van der Waals surface area contributed by atoms with Crippen molar-refractivity contribution in [1.82, 2.24) is 0 Å². The number of nitriles is 1. The van der Waals surface area contributed by atoms with Gasteiger partial charge in [0.2, 0.25) is 0 Å². The van der Waals surface area contributed by atoms with Crippen LogP contribution < -0.4 is 0 Å². The van der Waals surface area contributed by atoms with Gasteiger partial charge >= 0.3 is 0 Å². The second-order valence-corrected chi connectivity index (χ2v) is 6.21. The molecule has 3 rings (SSSR count). The summed E-state index contributed by atoms with van der Waals surface area (Å²) in [6.07, 6.45) is 9.53. The van der Waals surface area contributed by atoms with Gasteiger partial charge in [0, 0.05) is 11.1 Å². The Kier molecular flexibility index (Phi) is 5.63. The lowest BCUT2D eigenvalue weighted by molar-refractivity contribution is 0.132. The molecule has 3 heteroatoms. The van der Waals surface area contributed by atoms with E-state index in [2.05, 4.69) is 35.6 Å². The Balaban J connectivity index is 1.59. The zero-order valence-corrected chi connectivity index (χ0v) is 13.7. The number of hydrogen-bond acceptors (Lipinski definition) is 3. The highest BCUT2D eigenvalue weighted by Gasteiger charge is 2.15. The first-order chi connectivity index (χ1) is 11.9. The second-order valence-electron chi connectivity index (χ2n) is 6.21. The van der Waals surface area contributed by atoms with E-state index in [-0.39, 0.29) is 6.61 Å². The zero-order valence-electron chi connectivity index (χ0n) is 13.7. The van der Waals surface area contributed by atoms with E-state index in [1.165, 1.54) is 37.7 Å². The molecule has 0 aliphatic heterocycles. The van der Waals surface area contributed by atoms with E-state index in [1.807, 2.05) is 24.3 Å². The summed E-state index contributed by atoms with van der Waals surface area (Å²) < 4.78 is 0. The molecule has 0 unspecified atom stereocenters. The van der Waals surface area contributed by atoms with Crippen molar-refractivity contribution in [2.75, 3.05) is 0 Å². The summed E-state index contributed by atoms with van der Waals surface area (Å²) >= 11 is 0. The molecule has 0 saturated heterocycles. The van der Waals surface area contributed by atoms with Gasteiger partial charge in [0.25, 0.3) is 0 Å². The minimum absolute atomic E-state index is 0.277. The summed E-state index contributed by atoms with van der Waals surface area (Å²) in [5.74, 6) is 0.670. The van der Waals surface area contributed by atoms with E-state index in [1.54, 1.807) is 6.07 Å². The molecule has 1 radical (unpaired) electrons. The van der Waals surface area contributed by atoms with E-state index in [0.29, 0.717) is 11.5 Å². The van der Waals surface area contributed by atoms with Gasteiger partial charge in [0.1, 0.15) is 12.8 Å². The van der Waals surface area contributed by atoms with Gasteiger partial charge in [-0.3, -0.25) is 0 Å². The smallest absolute Gasteiger partial charge is 0.143 e. The molecule has 0 aromatic heterocycles. The fourth-order valence-electron chi connectivity index (χ4n) is 3.24. The molecule has 1 fully saturated rings. The SMILES string of the molecule is N#Cc1ccccc1CO/N=[C]\c1cccc(C2CCCCC2)c1. The molecule has 0 N–H and O–H groups in total. The van der Waals surface area contributed by atoms with Crippen LogP contribution in [0, 0.1) is 11.3 Å². The molecule has 0 spiro atoms. The van der Waals surface area contributed by atoms with Crippen LogP contribution in [0.5, 0.6) is 0 Å². The van der Waals surface area contributed by atoms with Gasteiger partial charge in [-0.15, -0.1) is 0 Å². The van der Waals surface area contributed by atoms with Crippen LogP contribution in [-0.2, 0) is 11.4 Å². The Morgan fingerprint density at radius 2 is 1.88 bits per heavy atom. The molecular weight excluding hydrogens is 296 g/mol. The molecule has 2 aromatic carbocycles. The van der Waals surface area contributed by atoms with E-state index in [4.69, 9.17) is 10.1 Å². The molecule has 0 bridgehead atoms. The Hall–Kier alpha value is -2.60. The van der Waals surface area contributed by atoms with Gasteiger partial charge < -0.3 is 4.84 Å². The maximum absolute atomic E-state index is 9.06. The molecule has 24 heavy (non-hydrogen) atoms. The predicted octanol–water partition coefficient (Wildman–Crippen LogP) is 5.03. The van der Waals surface area contributed by atoms with E-state index < -0.39 is 0 Å². The van der Waals surface area contributed by atoms with Crippen molar-refractivity contribution >= 4 is 6.21 Å². The van der Waals surface area contributed by atoms with Crippen molar-refractivity contribution in [3.63, 3.8) is 0 Å². The second kappa shape index (κ2) is 8.31. The van der Waals surface area contributed by atoms with Crippen molar-refractivity contribution in [3.05, 3.63) is 70.8 Å². The molecule has 0 atom stereocenters. The van der Waals surface area contributed by atoms with Gasteiger partial charge in [-0.2, -0.15) is 5.26 Å². The van der Waals surface area contributed by atoms with E-state index >= 15 is 0 Å². The third-order valence-electron chi connectivity index (χ3n) is 4.56. The normalized spacial score (nSPS) is 15.3. The maximum Gasteiger partial charge on any atom is 0.143 e. The first-order valence-corrected chi connectivity index (χ1v) is 8.53. The predicted molar refractivity (Wildman–Crippen MR) is 94.8 cm³/mol. The van der Waals surface area contributed by atoms with E-state index in [0.717, 1.165) is 11.1 Å². The van der Waals surface area contributed by atoms with Crippen LogP contribution in [0.3, 0.4) is 0 Å². The van der Waals surface area contributed by atoms with Crippen LogP contribution in [0.4, 0.5) is 0 Å². The van der Waals surface area contributed by atoms with Gasteiger partial charge in [-0.1, -0.05) is 60.8 Å². The highest BCUT2D eigenvalue weighted by Crippen LogP contribution is 2.32. The van der Waals surface area contributed by atoms with E-state index in [9.17, 15) is 0 Å². The topological polar surface area (TPSA) is 45.4 Å². The summed E-state index contributed by atoms with van der Waals surface area (Å²) in [5.41, 5.74) is 3.77. The Morgan fingerprint density at radius 3 is 2.71 bits per heavy atom. The van der Waals surface area contributed by atoms with Crippen molar-refractivity contribution in [2.24, 2.45) is 5.16 Å². The molecule has 1 aliphatic carbocycles. The molecule has 3 nitrogen and oxygen atoms in total. The minimum atomic E-state index is 0.277. The van der Waals surface area contributed by atoms with Crippen LogP contribution in [0.2, 0.25) is 0 Å².